The number of carbonyl (C=O) groups excluding carboxylic acids is 2. The van der Waals surface area contributed by atoms with Crippen LogP contribution in [0.15, 0.2) is 36.4 Å². The lowest BCUT2D eigenvalue weighted by Gasteiger charge is -2.17. The largest absolute Gasteiger partial charge is 0.490 e. The van der Waals surface area contributed by atoms with Gasteiger partial charge in [0, 0.05) is 12.1 Å². The monoisotopic (exact) mass is 413 g/mol. The summed E-state index contributed by atoms with van der Waals surface area (Å²) in [5, 5.41) is 2.86. The lowest BCUT2D eigenvalue weighted by molar-refractivity contribution is -0.153. The van der Waals surface area contributed by atoms with Gasteiger partial charge in [-0.25, -0.2) is 0 Å². The molecule has 0 radical (unpaired) electrons. The summed E-state index contributed by atoms with van der Waals surface area (Å²) in [5.74, 6) is 0.538. The number of para-hydroxylation sites is 2. The number of aryl methyl sites for hydroxylation is 3. The first-order valence-electron chi connectivity index (χ1n) is 10.2. The molecule has 0 heterocycles. The van der Waals surface area contributed by atoms with Crippen molar-refractivity contribution >= 4 is 17.6 Å². The van der Waals surface area contributed by atoms with Crippen molar-refractivity contribution in [1.82, 2.24) is 0 Å². The summed E-state index contributed by atoms with van der Waals surface area (Å²) in [4.78, 5) is 24.5. The highest BCUT2D eigenvalue weighted by molar-refractivity contribution is 5.96. The van der Waals surface area contributed by atoms with Gasteiger partial charge in [-0.05, 0) is 64.3 Å². The second kappa shape index (κ2) is 11.2. The van der Waals surface area contributed by atoms with Crippen LogP contribution < -0.4 is 14.8 Å². The van der Waals surface area contributed by atoms with Gasteiger partial charge in [-0.15, -0.1) is 0 Å². The molecule has 2 rings (SSSR count). The van der Waals surface area contributed by atoms with Gasteiger partial charge in [0.05, 0.1) is 13.2 Å². The third-order valence-corrected chi connectivity index (χ3v) is 4.53. The minimum absolute atomic E-state index is 0.164. The highest BCUT2D eigenvalue weighted by Gasteiger charge is 2.19. The quantitative estimate of drug-likeness (QED) is 0.450. The van der Waals surface area contributed by atoms with Crippen LogP contribution in [0.5, 0.6) is 11.5 Å². The van der Waals surface area contributed by atoms with E-state index in [-0.39, 0.29) is 12.3 Å². The molecule has 0 aliphatic rings. The SMILES string of the molecule is CCOc1ccccc1OCCCC(=O)OC(C)C(=O)Nc1c(C)cc(C)cc1C. The van der Waals surface area contributed by atoms with Crippen molar-refractivity contribution in [2.75, 3.05) is 18.5 Å². The molecule has 6 nitrogen and oxygen atoms in total. The van der Waals surface area contributed by atoms with E-state index < -0.39 is 12.1 Å². The van der Waals surface area contributed by atoms with Crippen LogP contribution in [0.1, 0.15) is 43.4 Å². The smallest absolute Gasteiger partial charge is 0.306 e. The molecule has 162 valence electrons. The van der Waals surface area contributed by atoms with Crippen LogP contribution >= 0.6 is 0 Å². The van der Waals surface area contributed by atoms with Crippen LogP contribution in [0.3, 0.4) is 0 Å². The third-order valence-electron chi connectivity index (χ3n) is 4.53. The maximum absolute atomic E-state index is 12.4. The molecule has 0 spiro atoms. The summed E-state index contributed by atoms with van der Waals surface area (Å²) in [6, 6.07) is 11.4. The van der Waals surface area contributed by atoms with Gasteiger partial charge in [-0.2, -0.15) is 0 Å². The van der Waals surface area contributed by atoms with E-state index in [4.69, 9.17) is 14.2 Å². The van der Waals surface area contributed by atoms with Gasteiger partial charge >= 0.3 is 5.97 Å². The second-order valence-electron chi connectivity index (χ2n) is 7.23. The van der Waals surface area contributed by atoms with E-state index in [1.54, 1.807) is 6.92 Å². The Bertz CT molecular complexity index is 855. The normalized spacial score (nSPS) is 11.5. The summed E-state index contributed by atoms with van der Waals surface area (Å²) in [5.41, 5.74) is 3.84. The first kappa shape index (κ1) is 23.3. The summed E-state index contributed by atoms with van der Waals surface area (Å²) in [6.45, 7) is 10.3. The van der Waals surface area contributed by atoms with Crippen molar-refractivity contribution in [3.63, 3.8) is 0 Å². The van der Waals surface area contributed by atoms with Gasteiger partial charge in [0.1, 0.15) is 0 Å². The Balaban J connectivity index is 1.77. The maximum Gasteiger partial charge on any atom is 0.306 e. The zero-order chi connectivity index (χ0) is 22.1. The summed E-state index contributed by atoms with van der Waals surface area (Å²) in [6.07, 6.45) is -0.238. The van der Waals surface area contributed by atoms with Crippen LogP contribution in [-0.2, 0) is 14.3 Å². The van der Waals surface area contributed by atoms with E-state index in [9.17, 15) is 9.59 Å². The van der Waals surface area contributed by atoms with Crippen molar-refractivity contribution in [2.24, 2.45) is 0 Å². The van der Waals surface area contributed by atoms with Crippen molar-refractivity contribution in [3.8, 4) is 11.5 Å². The number of benzene rings is 2. The Kier molecular flexibility index (Phi) is 8.71. The third kappa shape index (κ3) is 6.79. The fourth-order valence-electron chi connectivity index (χ4n) is 3.15. The Hall–Kier alpha value is -3.02. The molecule has 30 heavy (non-hydrogen) atoms. The molecule has 1 N–H and O–H groups in total. The first-order chi connectivity index (χ1) is 14.3. The standard InChI is InChI=1S/C24H31NO5/c1-6-28-20-10-7-8-11-21(20)29-13-9-12-22(26)30-19(5)24(27)25-23-17(3)14-16(2)15-18(23)4/h7-8,10-11,14-15,19H,6,9,12-13H2,1-5H3,(H,25,27). The van der Waals surface area contributed by atoms with Crippen LogP contribution in [0, 0.1) is 20.8 Å². The maximum atomic E-state index is 12.4. The van der Waals surface area contributed by atoms with E-state index in [1.165, 1.54) is 0 Å². The molecule has 0 saturated carbocycles. The molecule has 2 aromatic rings. The minimum Gasteiger partial charge on any atom is -0.490 e. The molecule has 1 amide bonds. The molecular weight excluding hydrogens is 382 g/mol. The van der Waals surface area contributed by atoms with Gasteiger partial charge in [0.2, 0.25) is 0 Å². The minimum atomic E-state index is -0.878. The number of amides is 1. The molecule has 0 aliphatic carbocycles. The zero-order valence-corrected chi connectivity index (χ0v) is 18.4. The number of hydrogen-bond acceptors (Lipinski definition) is 5. The fourth-order valence-corrected chi connectivity index (χ4v) is 3.15. The van der Waals surface area contributed by atoms with E-state index in [0.717, 1.165) is 22.4 Å². The van der Waals surface area contributed by atoms with Gasteiger partial charge in [0.15, 0.2) is 17.6 Å². The van der Waals surface area contributed by atoms with Crippen LogP contribution in [0.2, 0.25) is 0 Å². The lowest BCUT2D eigenvalue weighted by atomic mass is 10.0. The first-order valence-corrected chi connectivity index (χ1v) is 10.2. The summed E-state index contributed by atoms with van der Waals surface area (Å²) < 4.78 is 16.5. The molecule has 1 unspecified atom stereocenters. The van der Waals surface area contributed by atoms with E-state index in [2.05, 4.69) is 5.32 Å². The molecule has 0 saturated heterocycles. The number of hydrogen-bond donors (Lipinski definition) is 1. The van der Waals surface area contributed by atoms with Gasteiger partial charge in [-0.3, -0.25) is 9.59 Å². The molecule has 1 atom stereocenters. The predicted octanol–water partition coefficient (Wildman–Crippen LogP) is 4.74. The highest BCUT2D eigenvalue weighted by atomic mass is 16.5. The van der Waals surface area contributed by atoms with Gasteiger partial charge in [0.25, 0.3) is 5.91 Å². The second-order valence-corrected chi connectivity index (χ2v) is 7.23. The Labute approximate surface area is 178 Å². The molecule has 0 aromatic heterocycles. The molecule has 0 aliphatic heterocycles. The molecule has 0 fully saturated rings. The summed E-state index contributed by atoms with van der Waals surface area (Å²) >= 11 is 0. The number of carbonyl (C=O) groups is 2. The van der Waals surface area contributed by atoms with Crippen molar-refractivity contribution in [2.45, 2.75) is 53.6 Å². The fraction of sp³-hybridized carbons (Fsp3) is 0.417. The molecular formula is C24H31NO5. The lowest BCUT2D eigenvalue weighted by Crippen LogP contribution is -2.30. The Morgan fingerprint density at radius 2 is 1.60 bits per heavy atom. The van der Waals surface area contributed by atoms with Crippen molar-refractivity contribution < 1.29 is 23.8 Å². The van der Waals surface area contributed by atoms with Crippen molar-refractivity contribution in [1.29, 1.82) is 0 Å². The molecule has 6 heteroatoms. The Morgan fingerprint density at radius 1 is 1.00 bits per heavy atom. The number of anilines is 1. The Morgan fingerprint density at radius 3 is 2.20 bits per heavy atom. The van der Waals surface area contributed by atoms with E-state index in [1.807, 2.05) is 64.1 Å². The number of esters is 1. The number of rotatable bonds is 10. The van der Waals surface area contributed by atoms with Gasteiger partial charge < -0.3 is 19.5 Å². The van der Waals surface area contributed by atoms with E-state index in [0.29, 0.717) is 31.1 Å². The summed E-state index contributed by atoms with van der Waals surface area (Å²) in [7, 11) is 0. The predicted molar refractivity (Wildman–Crippen MR) is 117 cm³/mol. The topological polar surface area (TPSA) is 73.9 Å². The van der Waals surface area contributed by atoms with Crippen LogP contribution in [-0.4, -0.2) is 31.2 Å². The molecule has 0 bridgehead atoms. The van der Waals surface area contributed by atoms with Crippen LogP contribution in [0.25, 0.3) is 0 Å². The molecule has 2 aromatic carbocycles. The van der Waals surface area contributed by atoms with Gasteiger partial charge in [-0.1, -0.05) is 29.8 Å². The number of nitrogens with one attached hydrogen (secondary N) is 1. The zero-order valence-electron chi connectivity index (χ0n) is 18.4. The number of ether oxygens (including phenoxy) is 3. The highest BCUT2D eigenvalue weighted by Crippen LogP contribution is 2.26. The average molecular weight is 414 g/mol. The van der Waals surface area contributed by atoms with E-state index >= 15 is 0 Å². The average Bonchev–Trinajstić information content (AvgIpc) is 2.69. The van der Waals surface area contributed by atoms with Crippen LogP contribution in [0.4, 0.5) is 5.69 Å². The van der Waals surface area contributed by atoms with Crippen molar-refractivity contribution in [3.05, 3.63) is 53.1 Å².